The van der Waals surface area contributed by atoms with Crippen molar-refractivity contribution in [2.24, 2.45) is 0 Å². The van der Waals surface area contributed by atoms with Crippen molar-refractivity contribution < 1.29 is 36.6 Å². The molecule has 1 aromatic rings. The van der Waals surface area contributed by atoms with Crippen molar-refractivity contribution >= 4 is 22.0 Å². The molecule has 0 saturated carbocycles. The molecule has 0 amide bonds. The van der Waals surface area contributed by atoms with E-state index in [1.54, 1.807) is 0 Å². The van der Waals surface area contributed by atoms with E-state index in [1.165, 1.54) is 0 Å². The summed E-state index contributed by atoms with van der Waals surface area (Å²) in [5.74, 6) is -5.90. The van der Waals surface area contributed by atoms with Gasteiger partial charge in [0.15, 0.2) is 5.82 Å². The number of carboxylic acids is 1. The van der Waals surface area contributed by atoms with E-state index >= 15 is 0 Å². The second-order valence-corrected chi connectivity index (χ2v) is 5.85. The normalized spacial score (nSPS) is 18.6. The molecule has 1 unspecified atom stereocenters. The zero-order valence-corrected chi connectivity index (χ0v) is 11.1. The van der Waals surface area contributed by atoms with Gasteiger partial charge in [0.25, 0.3) is 0 Å². The monoisotopic (exact) mass is 321 g/mol. The Kier molecular flexibility index (Phi) is 3.92. The molecule has 2 rings (SSSR count). The van der Waals surface area contributed by atoms with Gasteiger partial charge in [-0.3, -0.25) is 4.79 Å². The molecule has 0 spiro atoms. The summed E-state index contributed by atoms with van der Waals surface area (Å²) in [6.07, 6.45) is 0.0622. The van der Waals surface area contributed by atoms with Crippen molar-refractivity contribution in [1.82, 2.24) is 4.72 Å². The van der Waals surface area contributed by atoms with Gasteiger partial charge < -0.3 is 9.84 Å². The van der Waals surface area contributed by atoms with Gasteiger partial charge in [-0.15, -0.1) is 0 Å². The molecule has 1 fully saturated rings. The number of carboxylic acid groups (broad SMARTS) is 1. The number of cyclic esters (lactones) is 1. The van der Waals surface area contributed by atoms with Crippen molar-refractivity contribution in [3.8, 4) is 0 Å². The smallest absolute Gasteiger partial charge is 0.341 e. The number of hydrogen-bond acceptors (Lipinski definition) is 5. The Labute approximate surface area is 117 Å². The molecule has 1 saturated heterocycles. The van der Waals surface area contributed by atoms with Gasteiger partial charge in [-0.05, 0) is 12.1 Å². The van der Waals surface area contributed by atoms with Crippen molar-refractivity contribution in [3.63, 3.8) is 0 Å². The quantitative estimate of drug-likeness (QED) is 0.770. The molecule has 0 aliphatic carbocycles. The highest BCUT2D eigenvalue weighted by Crippen LogP contribution is 2.22. The molecule has 2 N–H and O–H groups in total. The molecular weight excluding hydrogens is 312 g/mol. The van der Waals surface area contributed by atoms with Gasteiger partial charge in [-0.25, -0.2) is 22.0 Å². The molecule has 1 heterocycles. The molecular formula is C11H9F2NO6S. The van der Waals surface area contributed by atoms with Gasteiger partial charge in [-0.1, -0.05) is 0 Å². The van der Waals surface area contributed by atoms with E-state index in [4.69, 9.17) is 5.11 Å². The number of sulfonamides is 1. The van der Waals surface area contributed by atoms with E-state index in [2.05, 4.69) is 4.74 Å². The first-order valence-electron chi connectivity index (χ1n) is 5.64. The zero-order chi connectivity index (χ0) is 15.8. The number of hydrogen-bond donors (Lipinski definition) is 2. The van der Waals surface area contributed by atoms with Crippen LogP contribution in [0.2, 0.25) is 0 Å². The van der Waals surface area contributed by atoms with Gasteiger partial charge in [0.05, 0.1) is 6.61 Å². The maximum Gasteiger partial charge on any atom is 0.341 e. The lowest BCUT2D eigenvalue weighted by Crippen LogP contribution is -2.38. The average Bonchev–Trinajstić information content (AvgIpc) is 2.73. The summed E-state index contributed by atoms with van der Waals surface area (Å²) in [5.41, 5.74) is -1.38. The van der Waals surface area contributed by atoms with Crippen LogP contribution >= 0.6 is 0 Å². The standard InChI is InChI=1S/C11H9F2NO6S/c12-5-1-2-7(9(13)8(5)10(15)16)21(18,19)14-6-3-4-20-11(6)17/h1-2,6,14H,3-4H2,(H,15,16). The minimum Gasteiger partial charge on any atom is -0.477 e. The third-order valence-corrected chi connectivity index (χ3v) is 4.28. The zero-order valence-electron chi connectivity index (χ0n) is 10.3. The van der Waals surface area contributed by atoms with Crippen molar-refractivity contribution in [2.75, 3.05) is 6.61 Å². The summed E-state index contributed by atoms with van der Waals surface area (Å²) in [4.78, 5) is 20.9. The van der Waals surface area contributed by atoms with E-state index in [0.717, 1.165) is 0 Å². The Bertz CT molecular complexity index is 718. The number of ether oxygens (including phenoxy) is 1. The SMILES string of the molecule is O=C(O)c1c(F)ccc(S(=O)(=O)NC2CCOC2=O)c1F. The Hall–Kier alpha value is -2.07. The van der Waals surface area contributed by atoms with Crippen LogP contribution < -0.4 is 4.72 Å². The molecule has 1 atom stereocenters. The fourth-order valence-corrected chi connectivity index (χ4v) is 3.09. The highest BCUT2D eigenvalue weighted by atomic mass is 32.2. The number of carbonyl (C=O) groups is 2. The average molecular weight is 321 g/mol. The van der Waals surface area contributed by atoms with Gasteiger partial charge in [0.2, 0.25) is 10.0 Å². The summed E-state index contributed by atoms with van der Waals surface area (Å²) >= 11 is 0. The number of benzene rings is 1. The summed E-state index contributed by atoms with van der Waals surface area (Å²) in [6.45, 7) is 0.0122. The molecule has 0 aromatic heterocycles. The number of carbonyl (C=O) groups excluding carboxylic acids is 1. The Balaban J connectivity index is 2.43. The predicted molar refractivity (Wildman–Crippen MR) is 63.0 cm³/mol. The van der Waals surface area contributed by atoms with Gasteiger partial charge >= 0.3 is 11.9 Å². The summed E-state index contributed by atoms with van der Waals surface area (Å²) in [5, 5.41) is 8.69. The molecule has 1 aliphatic rings. The van der Waals surface area contributed by atoms with Gasteiger partial charge in [0.1, 0.15) is 22.3 Å². The highest BCUT2D eigenvalue weighted by Gasteiger charge is 2.34. The number of halogens is 2. The largest absolute Gasteiger partial charge is 0.477 e. The lowest BCUT2D eigenvalue weighted by Gasteiger charge is -2.11. The van der Waals surface area contributed by atoms with E-state index in [1.807, 2.05) is 4.72 Å². The molecule has 114 valence electrons. The van der Waals surface area contributed by atoms with Crippen molar-refractivity contribution in [2.45, 2.75) is 17.4 Å². The van der Waals surface area contributed by atoms with Crippen LogP contribution in [0.3, 0.4) is 0 Å². The lowest BCUT2D eigenvalue weighted by molar-refractivity contribution is -0.139. The summed E-state index contributed by atoms with van der Waals surface area (Å²) in [6, 6.07) is -0.0823. The van der Waals surface area contributed by atoms with E-state index in [9.17, 15) is 26.8 Å². The predicted octanol–water partition coefficient (Wildman–Crippen LogP) is 0.257. The molecule has 0 bridgehead atoms. The first-order valence-corrected chi connectivity index (χ1v) is 7.12. The minimum absolute atomic E-state index is 0.0122. The third kappa shape index (κ3) is 2.85. The summed E-state index contributed by atoms with van der Waals surface area (Å²) in [7, 11) is -4.54. The minimum atomic E-state index is -4.54. The molecule has 10 heteroatoms. The highest BCUT2D eigenvalue weighted by molar-refractivity contribution is 7.89. The third-order valence-electron chi connectivity index (χ3n) is 2.79. The number of rotatable bonds is 4. The van der Waals surface area contributed by atoms with Crippen LogP contribution in [-0.4, -0.2) is 38.1 Å². The van der Waals surface area contributed by atoms with Crippen molar-refractivity contribution in [3.05, 3.63) is 29.3 Å². The van der Waals surface area contributed by atoms with Crippen molar-refractivity contribution in [1.29, 1.82) is 0 Å². The fourth-order valence-electron chi connectivity index (χ4n) is 1.79. The molecule has 1 aliphatic heterocycles. The van der Waals surface area contributed by atoms with Crippen LogP contribution in [0.5, 0.6) is 0 Å². The van der Waals surface area contributed by atoms with E-state index < -0.39 is 50.1 Å². The maximum absolute atomic E-state index is 13.9. The van der Waals surface area contributed by atoms with Crippen LogP contribution in [0.4, 0.5) is 8.78 Å². The van der Waals surface area contributed by atoms with Crippen LogP contribution in [0.1, 0.15) is 16.8 Å². The number of esters is 1. The maximum atomic E-state index is 13.9. The lowest BCUT2D eigenvalue weighted by atomic mass is 10.2. The fraction of sp³-hybridized carbons (Fsp3) is 0.273. The molecule has 0 radical (unpaired) electrons. The molecule has 1 aromatic carbocycles. The first-order chi connectivity index (χ1) is 9.74. The van der Waals surface area contributed by atoms with Crippen LogP contribution in [-0.2, 0) is 19.6 Å². The molecule has 7 nitrogen and oxygen atoms in total. The second kappa shape index (κ2) is 5.37. The number of nitrogens with one attached hydrogen (secondary N) is 1. The van der Waals surface area contributed by atoms with Crippen LogP contribution in [0.15, 0.2) is 17.0 Å². The van der Waals surface area contributed by atoms with Crippen LogP contribution in [0.25, 0.3) is 0 Å². The van der Waals surface area contributed by atoms with E-state index in [0.29, 0.717) is 12.1 Å². The first kappa shape index (κ1) is 15.3. The summed E-state index contributed by atoms with van der Waals surface area (Å²) < 4.78 is 57.5. The van der Waals surface area contributed by atoms with Crippen LogP contribution in [0, 0.1) is 11.6 Å². The Morgan fingerprint density at radius 2 is 2.05 bits per heavy atom. The molecule has 21 heavy (non-hydrogen) atoms. The van der Waals surface area contributed by atoms with Gasteiger partial charge in [-0.2, -0.15) is 4.72 Å². The Morgan fingerprint density at radius 1 is 1.38 bits per heavy atom. The van der Waals surface area contributed by atoms with E-state index in [-0.39, 0.29) is 13.0 Å². The number of aromatic carboxylic acids is 1. The van der Waals surface area contributed by atoms with Gasteiger partial charge in [0, 0.05) is 6.42 Å². The Morgan fingerprint density at radius 3 is 2.57 bits per heavy atom. The topological polar surface area (TPSA) is 110 Å². The second-order valence-electron chi connectivity index (χ2n) is 4.17.